The van der Waals surface area contributed by atoms with E-state index in [1.54, 1.807) is 25.1 Å². The van der Waals surface area contributed by atoms with Crippen molar-refractivity contribution >= 4 is 11.9 Å². The number of aliphatic hydroxyl groups excluding tert-OH is 1. The maximum absolute atomic E-state index is 11.4. The SMILES string of the molecule is CO/N=C(/Oc1cc(CO)ccc1C)C(=O)OC. The van der Waals surface area contributed by atoms with E-state index in [1.165, 1.54) is 14.2 Å². The van der Waals surface area contributed by atoms with Gasteiger partial charge in [0.05, 0.1) is 13.7 Å². The first kappa shape index (κ1) is 14.0. The topological polar surface area (TPSA) is 77.4 Å². The fourth-order valence-electron chi connectivity index (χ4n) is 1.22. The maximum atomic E-state index is 11.4. The molecule has 0 amide bonds. The minimum atomic E-state index is -0.745. The van der Waals surface area contributed by atoms with Gasteiger partial charge < -0.3 is 19.4 Å². The minimum absolute atomic E-state index is 0.119. The second kappa shape index (κ2) is 6.61. The molecule has 0 aromatic heterocycles. The van der Waals surface area contributed by atoms with Crippen LogP contribution in [-0.4, -0.2) is 31.2 Å². The number of hydrogen-bond donors (Lipinski definition) is 1. The number of oxime groups is 1. The van der Waals surface area contributed by atoms with Crippen molar-refractivity contribution < 1.29 is 24.2 Å². The van der Waals surface area contributed by atoms with Gasteiger partial charge in [0.15, 0.2) is 0 Å². The van der Waals surface area contributed by atoms with Gasteiger partial charge in [0.1, 0.15) is 12.9 Å². The molecule has 1 aromatic carbocycles. The second-order valence-electron chi connectivity index (χ2n) is 3.43. The Morgan fingerprint density at radius 1 is 1.39 bits per heavy atom. The fourth-order valence-corrected chi connectivity index (χ4v) is 1.22. The van der Waals surface area contributed by atoms with Crippen LogP contribution in [0.2, 0.25) is 0 Å². The molecule has 6 nitrogen and oxygen atoms in total. The number of aryl methyl sites for hydroxylation is 1. The summed E-state index contributed by atoms with van der Waals surface area (Å²) in [5.41, 5.74) is 1.46. The van der Waals surface area contributed by atoms with Crippen LogP contribution in [0.1, 0.15) is 11.1 Å². The molecule has 1 rings (SSSR count). The lowest BCUT2D eigenvalue weighted by Gasteiger charge is -2.10. The van der Waals surface area contributed by atoms with Crippen LogP contribution in [-0.2, 0) is 21.0 Å². The fraction of sp³-hybridized carbons (Fsp3) is 0.333. The van der Waals surface area contributed by atoms with Gasteiger partial charge in [-0.25, -0.2) is 4.79 Å². The molecule has 0 aliphatic heterocycles. The summed E-state index contributed by atoms with van der Waals surface area (Å²) in [5.74, 6) is -0.647. The summed E-state index contributed by atoms with van der Waals surface area (Å²) in [7, 11) is 2.51. The van der Waals surface area contributed by atoms with Gasteiger partial charge in [-0.1, -0.05) is 12.1 Å². The third-order valence-corrected chi connectivity index (χ3v) is 2.18. The Bertz CT molecular complexity index is 456. The van der Waals surface area contributed by atoms with Gasteiger partial charge in [-0.2, -0.15) is 0 Å². The van der Waals surface area contributed by atoms with E-state index < -0.39 is 5.97 Å². The molecule has 1 aromatic rings. The molecule has 0 radical (unpaired) electrons. The number of nitrogens with zero attached hydrogens (tertiary/aromatic N) is 1. The average molecular weight is 253 g/mol. The van der Waals surface area contributed by atoms with Crippen LogP contribution in [0, 0.1) is 6.92 Å². The first-order chi connectivity index (χ1) is 8.62. The van der Waals surface area contributed by atoms with Gasteiger partial charge in [0.25, 0.3) is 0 Å². The van der Waals surface area contributed by atoms with Gasteiger partial charge in [-0.05, 0) is 29.3 Å². The predicted octanol–water partition coefficient (Wildman–Crippen LogP) is 0.999. The zero-order valence-electron chi connectivity index (χ0n) is 10.5. The lowest BCUT2D eigenvalue weighted by molar-refractivity contribution is -0.134. The molecule has 0 saturated carbocycles. The highest BCUT2D eigenvalue weighted by Crippen LogP contribution is 2.20. The minimum Gasteiger partial charge on any atom is -0.462 e. The van der Waals surface area contributed by atoms with E-state index in [0.717, 1.165) is 5.56 Å². The highest BCUT2D eigenvalue weighted by Gasteiger charge is 2.17. The summed E-state index contributed by atoms with van der Waals surface area (Å²) in [6.07, 6.45) is 0. The maximum Gasteiger partial charge on any atom is 0.397 e. The van der Waals surface area contributed by atoms with Crippen molar-refractivity contribution in [3.05, 3.63) is 29.3 Å². The van der Waals surface area contributed by atoms with Crippen LogP contribution >= 0.6 is 0 Å². The molecule has 0 fully saturated rings. The molecule has 0 unspecified atom stereocenters. The molecule has 1 N–H and O–H groups in total. The van der Waals surface area contributed by atoms with Crippen molar-refractivity contribution in [1.82, 2.24) is 0 Å². The number of hydrogen-bond acceptors (Lipinski definition) is 6. The zero-order valence-corrected chi connectivity index (χ0v) is 10.5. The van der Waals surface area contributed by atoms with Crippen LogP contribution in [0.25, 0.3) is 0 Å². The quantitative estimate of drug-likeness (QED) is 0.376. The Kier molecular flexibility index (Phi) is 5.13. The first-order valence-corrected chi connectivity index (χ1v) is 5.20. The normalized spacial score (nSPS) is 11.0. The Labute approximate surface area is 105 Å². The molecule has 18 heavy (non-hydrogen) atoms. The van der Waals surface area contributed by atoms with E-state index in [0.29, 0.717) is 11.3 Å². The number of ether oxygens (including phenoxy) is 2. The number of carbonyl (C=O) groups is 1. The van der Waals surface area contributed by atoms with E-state index >= 15 is 0 Å². The summed E-state index contributed by atoms with van der Waals surface area (Å²) in [6, 6.07) is 5.14. The molecular weight excluding hydrogens is 238 g/mol. The smallest absolute Gasteiger partial charge is 0.397 e. The highest BCUT2D eigenvalue weighted by molar-refractivity contribution is 6.33. The van der Waals surface area contributed by atoms with Crippen molar-refractivity contribution in [1.29, 1.82) is 0 Å². The zero-order chi connectivity index (χ0) is 13.5. The first-order valence-electron chi connectivity index (χ1n) is 5.20. The molecule has 0 saturated heterocycles. The highest BCUT2D eigenvalue weighted by atomic mass is 16.6. The summed E-state index contributed by atoms with van der Waals surface area (Å²) >= 11 is 0. The Balaban J connectivity index is 3.00. The number of aliphatic hydroxyl groups is 1. The lowest BCUT2D eigenvalue weighted by atomic mass is 10.1. The van der Waals surface area contributed by atoms with Crippen molar-refractivity contribution in [3.63, 3.8) is 0 Å². The van der Waals surface area contributed by atoms with Crippen molar-refractivity contribution in [3.8, 4) is 5.75 Å². The molecule has 0 atom stereocenters. The van der Waals surface area contributed by atoms with E-state index in [9.17, 15) is 4.79 Å². The van der Waals surface area contributed by atoms with Crippen molar-refractivity contribution in [2.75, 3.05) is 14.2 Å². The van der Waals surface area contributed by atoms with Gasteiger partial charge in [-0.15, -0.1) is 0 Å². The summed E-state index contributed by atoms with van der Waals surface area (Å²) < 4.78 is 9.83. The van der Waals surface area contributed by atoms with E-state index in [4.69, 9.17) is 9.84 Å². The van der Waals surface area contributed by atoms with Crippen LogP contribution in [0.5, 0.6) is 5.75 Å². The van der Waals surface area contributed by atoms with Gasteiger partial charge in [0.2, 0.25) is 0 Å². The summed E-state index contributed by atoms with van der Waals surface area (Å²) in [6.45, 7) is 1.68. The number of rotatable bonds is 3. The van der Waals surface area contributed by atoms with Crippen molar-refractivity contribution in [2.24, 2.45) is 5.16 Å². The summed E-state index contributed by atoms with van der Waals surface area (Å²) in [5, 5.41) is 12.5. The molecule has 0 spiro atoms. The molecule has 0 bridgehead atoms. The molecule has 6 heteroatoms. The third-order valence-electron chi connectivity index (χ3n) is 2.18. The van der Waals surface area contributed by atoms with Gasteiger partial charge in [-0.3, -0.25) is 0 Å². The molecule has 0 aliphatic rings. The Morgan fingerprint density at radius 3 is 2.67 bits per heavy atom. The van der Waals surface area contributed by atoms with Crippen LogP contribution in [0.15, 0.2) is 23.4 Å². The predicted molar refractivity (Wildman–Crippen MR) is 64.2 cm³/mol. The number of esters is 1. The van der Waals surface area contributed by atoms with Crippen molar-refractivity contribution in [2.45, 2.75) is 13.5 Å². The lowest BCUT2D eigenvalue weighted by Crippen LogP contribution is -2.23. The van der Waals surface area contributed by atoms with Gasteiger partial charge in [0, 0.05) is 0 Å². The number of carbonyl (C=O) groups excluding carboxylic acids is 1. The standard InChI is InChI=1S/C12H15NO5/c1-8-4-5-9(7-14)6-10(8)18-11(13-17-3)12(15)16-2/h4-6,14H,7H2,1-3H3/b13-11+. The molecular formula is C12H15NO5. The Morgan fingerprint density at radius 2 is 2.11 bits per heavy atom. The average Bonchev–Trinajstić information content (AvgIpc) is 2.39. The largest absolute Gasteiger partial charge is 0.462 e. The van der Waals surface area contributed by atoms with E-state index in [-0.39, 0.29) is 12.5 Å². The van der Waals surface area contributed by atoms with Crippen LogP contribution in [0.3, 0.4) is 0 Å². The third kappa shape index (κ3) is 3.46. The second-order valence-corrected chi connectivity index (χ2v) is 3.43. The van der Waals surface area contributed by atoms with Crippen LogP contribution < -0.4 is 4.74 Å². The molecule has 0 aliphatic carbocycles. The van der Waals surface area contributed by atoms with E-state index in [2.05, 4.69) is 14.7 Å². The van der Waals surface area contributed by atoms with Gasteiger partial charge >= 0.3 is 11.9 Å². The number of benzene rings is 1. The molecule has 0 heterocycles. The number of methoxy groups -OCH3 is 1. The van der Waals surface area contributed by atoms with E-state index in [1.807, 2.05) is 0 Å². The molecule has 98 valence electrons. The monoisotopic (exact) mass is 253 g/mol. The Hall–Kier alpha value is -2.08. The summed E-state index contributed by atoms with van der Waals surface area (Å²) in [4.78, 5) is 15.9. The van der Waals surface area contributed by atoms with Crippen LogP contribution in [0.4, 0.5) is 0 Å².